The first-order valence-electron chi connectivity index (χ1n) is 6.91. The number of benzene rings is 1. The highest BCUT2D eigenvalue weighted by Gasteiger charge is 2.12. The summed E-state index contributed by atoms with van der Waals surface area (Å²) in [7, 11) is 0. The molecule has 0 atom stereocenters. The van der Waals surface area contributed by atoms with Crippen molar-refractivity contribution in [3.8, 4) is 0 Å². The summed E-state index contributed by atoms with van der Waals surface area (Å²) >= 11 is 0. The van der Waals surface area contributed by atoms with Crippen LogP contribution in [0.3, 0.4) is 0 Å². The largest absolute Gasteiger partial charge is 0.381 e. The number of aryl methyl sites for hydroxylation is 2. The molecule has 0 spiro atoms. The maximum Gasteiger partial charge on any atom is 0.169 e. The molecule has 102 valence electrons. The van der Waals surface area contributed by atoms with E-state index in [1.165, 1.54) is 5.56 Å². The molecule has 0 radical (unpaired) electrons. The van der Waals surface area contributed by atoms with Gasteiger partial charge in [-0.15, -0.1) is 5.10 Å². The average molecular weight is 258 g/mol. The van der Waals surface area contributed by atoms with Gasteiger partial charge in [-0.05, 0) is 30.7 Å². The van der Waals surface area contributed by atoms with Crippen molar-refractivity contribution in [2.45, 2.75) is 45.6 Å². The molecule has 19 heavy (non-hydrogen) atoms. The third-order valence-electron chi connectivity index (χ3n) is 3.28. The molecule has 0 fully saturated rings. The first-order chi connectivity index (χ1) is 9.18. The summed E-state index contributed by atoms with van der Waals surface area (Å²) in [6, 6.07) is 10.6. The Bertz CT molecular complexity index is 502. The summed E-state index contributed by atoms with van der Waals surface area (Å²) < 4.78 is 1.95. The van der Waals surface area contributed by atoms with Gasteiger partial charge >= 0.3 is 0 Å². The van der Waals surface area contributed by atoms with Crippen molar-refractivity contribution in [1.82, 2.24) is 15.0 Å². The van der Waals surface area contributed by atoms with E-state index in [1.807, 2.05) is 4.68 Å². The highest BCUT2D eigenvalue weighted by atomic mass is 15.4. The number of rotatable bonds is 6. The normalized spacial score (nSPS) is 11.1. The van der Waals surface area contributed by atoms with Crippen LogP contribution >= 0.6 is 0 Å². The Kier molecular flexibility index (Phi) is 4.55. The molecular formula is C15H22N4. The molecule has 2 rings (SSSR count). The third-order valence-corrected chi connectivity index (χ3v) is 3.28. The van der Waals surface area contributed by atoms with Gasteiger partial charge in [0.25, 0.3) is 0 Å². The first-order valence-corrected chi connectivity index (χ1v) is 6.91. The van der Waals surface area contributed by atoms with E-state index in [1.54, 1.807) is 0 Å². The lowest BCUT2D eigenvalue weighted by molar-refractivity contribution is 0.513. The fraction of sp³-hybridized carbons (Fsp3) is 0.467. The molecule has 2 aromatic rings. The molecule has 0 aliphatic carbocycles. The number of nitrogens with zero attached hydrogens (tertiary/aromatic N) is 3. The lowest BCUT2D eigenvalue weighted by Gasteiger charge is -2.09. The summed E-state index contributed by atoms with van der Waals surface area (Å²) in [4.78, 5) is 0. The van der Waals surface area contributed by atoms with Crippen molar-refractivity contribution < 1.29 is 0 Å². The Balaban J connectivity index is 1.83. The zero-order valence-electron chi connectivity index (χ0n) is 11.7. The van der Waals surface area contributed by atoms with Crippen LogP contribution in [0.2, 0.25) is 0 Å². The van der Waals surface area contributed by atoms with E-state index in [9.17, 15) is 0 Å². The standard InChI is InChI=1S/C15H22N4/c1-12(2)14-15(16)17-18-19(14)11-7-6-10-13-8-4-3-5-9-13/h3-5,8-9,12H,6-7,10-11,16H2,1-2H3. The van der Waals surface area contributed by atoms with Crippen LogP contribution in [0.25, 0.3) is 0 Å². The van der Waals surface area contributed by atoms with Gasteiger partial charge in [0.05, 0.1) is 5.69 Å². The van der Waals surface area contributed by atoms with Crippen LogP contribution in [0.15, 0.2) is 30.3 Å². The Morgan fingerprint density at radius 2 is 1.89 bits per heavy atom. The Hall–Kier alpha value is -1.84. The summed E-state index contributed by atoms with van der Waals surface area (Å²) in [5.74, 6) is 0.933. The van der Waals surface area contributed by atoms with Crippen molar-refractivity contribution in [1.29, 1.82) is 0 Å². The van der Waals surface area contributed by atoms with Gasteiger partial charge in [0.1, 0.15) is 0 Å². The quantitative estimate of drug-likeness (QED) is 0.810. The minimum atomic E-state index is 0.365. The number of anilines is 1. The van der Waals surface area contributed by atoms with E-state index in [0.717, 1.165) is 31.5 Å². The van der Waals surface area contributed by atoms with E-state index < -0.39 is 0 Å². The van der Waals surface area contributed by atoms with Gasteiger partial charge in [0.2, 0.25) is 0 Å². The summed E-state index contributed by atoms with van der Waals surface area (Å²) in [5, 5.41) is 8.09. The lowest BCUT2D eigenvalue weighted by Crippen LogP contribution is -2.08. The van der Waals surface area contributed by atoms with E-state index in [-0.39, 0.29) is 0 Å². The van der Waals surface area contributed by atoms with Crippen molar-refractivity contribution in [3.05, 3.63) is 41.6 Å². The van der Waals surface area contributed by atoms with Crippen molar-refractivity contribution in [2.75, 3.05) is 5.73 Å². The van der Waals surface area contributed by atoms with Gasteiger partial charge in [-0.25, -0.2) is 4.68 Å². The number of nitrogen functional groups attached to an aromatic ring is 1. The van der Waals surface area contributed by atoms with Crippen LogP contribution in [-0.2, 0) is 13.0 Å². The number of nitrogens with two attached hydrogens (primary N) is 1. The van der Waals surface area contributed by atoms with Crippen molar-refractivity contribution in [3.63, 3.8) is 0 Å². The topological polar surface area (TPSA) is 56.7 Å². The second kappa shape index (κ2) is 6.36. The summed E-state index contributed by atoms with van der Waals surface area (Å²) in [6.07, 6.45) is 3.36. The predicted octanol–water partition coefficient (Wildman–Crippen LogP) is 3.01. The molecule has 0 aliphatic rings. The number of hydrogen-bond donors (Lipinski definition) is 1. The molecule has 0 saturated heterocycles. The van der Waals surface area contributed by atoms with Crippen molar-refractivity contribution >= 4 is 5.82 Å². The van der Waals surface area contributed by atoms with E-state index in [4.69, 9.17) is 5.73 Å². The molecule has 1 aromatic heterocycles. The fourth-order valence-electron chi connectivity index (χ4n) is 2.33. The lowest BCUT2D eigenvalue weighted by atomic mass is 10.1. The number of aromatic nitrogens is 3. The molecule has 0 amide bonds. The Labute approximate surface area is 114 Å². The molecule has 1 aromatic carbocycles. The number of unbranched alkanes of at least 4 members (excludes halogenated alkanes) is 1. The van der Waals surface area contributed by atoms with Gasteiger partial charge in [-0.1, -0.05) is 49.4 Å². The predicted molar refractivity (Wildman–Crippen MR) is 77.9 cm³/mol. The van der Waals surface area contributed by atoms with Gasteiger partial charge in [0, 0.05) is 6.54 Å². The van der Waals surface area contributed by atoms with Gasteiger partial charge in [0.15, 0.2) is 5.82 Å². The number of hydrogen-bond acceptors (Lipinski definition) is 3. The van der Waals surface area contributed by atoms with E-state index in [2.05, 4.69) is 54.5 Å². The van der Waals surface area contributed by atoms with Crippen LogP contribution in [0.1, 0.15) is 43.9 Å². The molecule has 1 heterocycles. The zero-order chi connectivity index (χ0) is 13.7. The third kappa shape index (κ3) is 3.56. The molecule has 4 heteroatoms. The molecule has 0 unspecified atom stereocenters. The maximum absolute atomic E-state index is 5.84. The monoisotopic (exact) mass is 258 g/mol. The molecule has 0 bridgehead atoms. The van der Waals surface area contributed by atoms with Crippen molar-refractivity contribution in [2.24, 2.45) is 0 Å². The minimum absolute atomic E-state index is 0.365. The highest BCUT2D eigenvalue weighted by molar-refractivity contribution is 5.35. The Morgan fingerprint density at radius 1 is 1.16 bits per heavy atom. The van der Waals surface area contributed by atoms with Crippen LogP contribution in [-0.4, -0.2) is 15.0 Å². The maximum atomic E-state index is 5.84. The minimum Gasteiger partial charge on any atom is -0.381 e. The van der Waals surface area contributed by atoms with Crippen LogP contribution in [0.5, 0.6) is 0 Å². The first kappa shape index (κ1) is 13.6. The second-order valence-corrected chi connectivity index (χ2v) is 5.18. The Morgan fingerprint density at radius 3 is 2.58 bits per heavy atom. The molecule has 0 saturated carbocycles. The van der Waals surface area contributed by atoms with Crippen LogP contribution in [0.4, 0.5) is 5.82 Å². The highest BCUT2D eigenvalue weighted by Crippen LogP contribution is 2.19. The summed E-state index contributed by atoms with van der Waals surface area (Å²) in [5.41, 5.74) is 8.29. The molecular weight excluding hydrogens is 236 g/mol. The molecule has 0 aliphatic heterocycles. The zero-order valence-corrected chi connectivity index (χ0v) is 11.7. The molecule has 4 nitrogen and oxygen atoms in total. The average Bonchev–Trinajstić information content (AvgIpc) is 2.77. The SMILES string of the molecule is CC(C)c1c(N)nnn1CCCCc1ccccc1. The van der Waals surface area contributed by atoms with Gasteiger partial charge in [-0.2, -0.15) is 0 Å². The van der Waals surface area contributed by atoms with Gasteiger partial charge in [-0.3, -0.25) is 0 Å². The van der Waals surface area contributed by atoms with Crippen LogP contribution in [0, 0.1) is 0 Å². The second-order valence-electron chi connectivity index (χ2n) is 5.18. The van der Waals surface area contributed by atoms with E-state index in [0.29, 0.717) is 11.7 Å². The smallest absolute Gasteiger partial charge is 0.169 e. The van der Waals surface area contributed by atoms with Gasteiger partial charge < -0.3 is 5.73 Å². The fourth-order valence-corrected chi connectivity index (χ4v) is 2.33. The molecule has 2 N–H and O–H groups in total. The van der Waals surface area contributed by atoms with E-state index >= 15 is 0 Å². The summed E-state index contributed by atoms with van der Waals surface area (Å²) in [6.45, 7) is 5.13. The van der Waals surface area contributed by atoms with Crippen LogP contribution < -0.4 is 5.73 Å².